The lowest BCUT2D eigenvalue weighted by atomic mass is 9.81. The number of hydrogen-bond donors (Lipinski definition) is 1. The van der Waals surface area contributed by atoms with Gasteiger partial charge in [-0.15, -0.1) is 0 Å². The second-order valence-electron chi connectivity index (χ2n) is 6.12. The third-order valence-electron chi connectivity index (χ3n) is 4.34. The molecule has 2 fully saturated rings. The van der Waals surface area contributed by atoms with E-state index in [9.17, 15) is 0 Å². The van der Waals surface area contributed by atoms with Gasteiger partial charge in [-0.3, -0.25) is 0 Å². The summed E-state index contributed by atoms with van der Waals surface area (Å²) in [7, 11) is 0. The van der Waals surface area contributed by atoms with Crippen molar-refractivity contribution in [1.29, 1.82) is 0 Å². The standard InChI is InChI=1S/C15H29NO/c1-2-3-4-5-6-9-15(10-11-17-13-15)12-16-14-7-8-14/h14,16H,2-13H2,1H3. The number of ether oxygens (including phenoxy) is 1. The maximum atomic E-state index is 5.65. The average Bonchev–Trinajstić information content (AvgIpc) is 3.07. The van der Waals surface area contributed by atoms with Crippen LogP contribution in [0.25, 0.3) is 0 Å². The Balaban J connectivity index is 1.63. The molecule has 2 nitrogen and oxygen atoms in total. The van der Waals surface area contributed by atoms with Crippen LogP contribution in [0, 0.1) is 5.41 Å². The van der Waals surface area contributed by atoms with Gasteiger partial charge in [0.05, 0.1) is 6.61 Å². The molecule has 2 heteroatoms. The summed E-state index contributed by atoms with van der Waals surface area (Å²) in [6, 6.07) is 0.840. The van der Waals surface area contributed by atoms with Gasteiger partial charge in [0.1, 0.15) is 0 Å². The maximum absolute atomic E-state index is 5.65. The summed E-state index contributed by atoms with van der Waals surface area (Å²) in [4.78, 5) is 0. The van der Waals surface area contributed by atoms with Gasteiger partial charge in [0, 0.05) is 24.6 Å². The predicted molar refractivity (Wildman–Crippen MR) is 72.3 cm³/mol. The molecule has 1 saturated heterocycles. The molecule has 0 bridgehead atoms. The van der Waals surface area contributed by atoms with Crippen molar-refractivity contribution >= 4 is 0 Å². The molecule has 0 spiro atoms. The monoisotopic (exact) mass is 239 g/mol. The molecule has 0 aromatic rings. The van der Waals surface area contributed by atoms with E-state index < -0.39 is 0 Å². The van der Waals surface area contributed by atoms with Crippen molar-refractivity contribution in [2.45, 2.75) is 70.8 Å². The first kappa shape index (κ1) is 13.4. The van der Waals surface area contributed by atoms with Crippen LogP contribution in [0.15, 0.2) is 0 Å². The van der Waals surface area contributed by atoms with E-state index in [0.29, 0.717) is 5.41 Å². The SMILES string of the molecule is CCCCCCCC1(CNC2CC2)CCOC1. The first-order chi connectivity index (χ1) is 8.35. The van der Waals surface area contributed by atoms with Crippen LogP contribution in [0.1, 0.15) is 64.7 Å². The first-order valence-corrected chi connectivity index (χ1v) is 7.66. The lowest BCUT2D eigenvalue weighted by Crippen LogP contribution is -2.36. The van der Waals surface area contributed by atoms with E-state index in [0.717, 1.165) is 19.3 Å². The summed E-state index contributed by atoms with van der Waals surface area (Å²) in [6.07, 6.45) is 12.4. The van der Waals surface area contributed by atoms with Crippen molar-refractivity contribution in [2.75, 3.05) is 19.8 Å². The molecule has 100 valence electrons. The molecule has 1 saturated carbocycles. The molecule has 17 heavy (non-hydrogen) atoms. The normalized spacial score (nSPS) is 28.8. The molecule has 1 unspecified atom stereocenters. The maximum Gasteiger partial charge on any atom is 0.0535 e. The second kappa shape index (κ2) is 6.75. The van der Waals surface area contributed by atoms with Gasteiger partial charge in [0.25, 0.3) is 0 Å². The van der Waals surface area contributed by atoms with Gasteiger partial charge >= 0.3 is 0 Å². The highest BCUT2D eigenvalue weighted by atomic mass is 16.5. The third kappa shape index (κ3) is 4.59. The molecule has 0 aromatic carbocycles. The van der Waals surface area contributed by atoms with Crippen LogP contribution in [0.3, 0.4) is 0 Å². The van der Waals surface area contributed by atoms with E-state index in [4.69, 9.17) is 4.74 Å². The highest BCUT2D eigenvalue weighted by molar-refractivity contribution is 4.89. The number of hydrogen-bond acceptors (Lipinski definition) is 2. The summed E-state index contributed by atoms with van der Waals surface area (Å²) in [5.41, 5.74) is 0.481. The minimum atomic E-state index is 0.481. The van der Waals surface area contributed by atoms with Crippen molar-refractivity contribution in [2.24, 2.45) is 5.41 Å². The van der Waals surface area contributed by atoms with E-state index in [1.54, 1.807) is 0 Å². The van der Waals surface area contributed by atoms with E-state index in [-0.39, 0.29) is 0 Å². The Kier molecular flexibility index (Phi) is 5.30. The van der Waals surface area contributed by atoms with E-state index in [1.807, 2.05) is 0 Å². The quantitative estimate of drug-likeness (QED) is 0.622. The Bertz CT molecular complexity index is 207. The molecule has 0 amide bonds. The molecule has 1 aliphatic carbocycles. The van der Waals surface area contributed by atoms with Crippen LogP contribution in [-0.4, -0.2) is 25.8 Å². The van der Waals surface area contributed by atoms with Crippen molar-refractivity contribution < 1.29 is 4.74 Å². The number of nitrogens with one attached hydrogen (secondary N) is 1. The second-order valence-corrected chi connectivity index (χ2v) is 6.12. The molecule has 1 heterocycles. The van der Waals surface area contributed by atoms with Gasteiger partial charge in [0.15, 0.2) is 0 Å². The summed E-state index contributed by atoms with van der Waals surface area (Å²) in [6.45, 7) is 5.47. The topological polar surface area (TPSA) is 21.3 Å². The fraction of sp³-hybridized carbons (Fsp3) is 1.00. The Labute approximate surface area is 107 Å². The molecule has 1 atom stereocenters. The van der Waals surface area contributed by atoms with Gasteiger partial charge in [-0.05, 0) is 25.7 Å². The van der Waals surface area contributed by atoms with E-state index in [1.165, 1.54) is 64.3 Å². The van der Waals surface area contributed by atoms with Crippen molar-refractivity contribution in [3.05, 3.63) is 0 Å². The smallest absolute Gasteiger partial charge is 0.0535 e. The lowest BCUT2D eigenvalue weighted by molar-refractivity contribution is 0.141. The zero-order chi connectivity index (χ0) is 12.0. The zero-order valence-electron chi connectivity index (χ0n) is 11.5. The Morgan fingerprint density at radius 3 is 2.65 bits per heavy atom. The van der Waals surface area contributed by atoms with Gasteiger partial charge in [-0.2, -0.15) is 0 Å². The third-order valence-corrected chi connectivity index (χ3v) is 4.34. The Morgan fingerprint density at radius 1 is 1.18 bits per heavy atom. The largest absolute Gasteiger partial charge is 0.381 e. The van der Waals surface area contributed by atoms with Crippen LogP contribution in [0.5, 0.6) is 0 Å². The number of unbranched alkanes of at least 4 members (excludes halogenated alkanes) is 4. The van der Waals surface area contributed by atoms with E-state index >= 15 is 0 Å². The highest BCUT2D eigenvalue weighted by Crippen LogP contribution is 2.35. The molecule has 2 aliphatic rings. The van der Waals surface area contributed by atoms with Gasteiger partial charge in [0.2, 0.25) is 0 Å². The fourth-order valence-corrected chi connectivity index (χ4v) is 2.83. The molecular weight excluding hydrogens is 210 g/mol. The van der Waals surface area contributed by atoms with Crippen LogP contribution in [-0.2, 0) is 4.74 Å². The Morgan fingerprint density at radius 2 is 2.00 bits per heavy atom. The summed E-state index contributed by atoms with van der Waals surface area (Å²) < 4.78 is 5.65. The summed E-state index contributed by atoms with van der Waals surface area (Å²) in [5, 5.41) is 3.71. The van der Waals surface area contributed by atoms with Crippen molar-refractivity contribution in [3.63, 3.8) is 0 Å². The van der Waals surface area contributed by atoms with Gasteiger partial charge < -0.3 is 10.1 Å². The fourth-order valence-electron chi connectivity index (χ4n) is 2.83. The Hall–Kier alpha value is -0.0800. The van der Waals surface area contributed by atoms with Crippen LogP contribution >= 0.6 is 0 Å². The first-order valence-electron chi connectivity index (χ1n) is 7.66. The molecule has 0 radical (unpaired) electrons. The number of rotatable bonds is 9. The molecule has 1 aliphatic heterocycles. The highest BCUT2D eigenvalue weighted by Gasteiger charge is 2.35. The summed E-state index contributed by atoms with van der Waals surface area (Å²) in [5.74, 6) is 0. The van der Waals surface area contributed by atoms with Crippen LogP contribution in [0.2, 0.25) is 0 Å². The molecular formula is C15H29NO. The van der Waals surface area contributed by atoms with Crippen LogP contribution < -0.4 is 5.32 Å². The summed E-state index contributed by atoms with van der Waals surface area (Å²) >= 11 is 0. The minimum absolute atomic E-state index is 0.481. The molecule has 2 rings (SSSR count). The zero-order valence-corrected chi connectivity index (χ0v) is 11.5. The van der Waals surface area contributed by atoms with Crippen LogP contribution in [0.4, 0.5) is 0 Å². The molecule has 1 N–H and O–H groups in total. The molecule has 0 aromatic heterocycles. The lowest BCUT2D eigenvalue weighted by Gasteiger charge is -2.28. The van der Waals surface area contributed by atoms with Gasteiger partial charge in [-0.1, -0.05) is 39.0 Å². The van der Waals surface area contributed by atoms with E-state index in [2.05, 4.69) is 12.2 Å². The van der Waals surface area contributed by atoms with Crippen molar-refractivity contribution in [1.82, 2.24) is 5.32 Å². The average molecular weight is 239 g/mol. The van der Waals surface area contributed by atoms with Crippen molar-refractivity contribution in [3.8, 4) is 0 Å². The minimum Gasteiger partial charge on any atom is -0.381 e. The predicted octanol–water partition coefficient (Wildman–Crippen LogP) is 3.51. The van der Waals surface area contributed by atoms with Gasteiger partial charge in [-0.25, -0.2) is 0 Å².